The van der Waals surface area contributed by atoms with Crippen LogP contribution in [0.15, 0.2) is 6.07 Å². The van der Waals surface area contributed by atoms with Crippen LogP contribution in [-0.4, -0.2) is 23.5 Å². The SMILES string of the molecule is CCCCC1(CCC2CC2)Cc2cc(OCCCCCCC(=O)O)c(Cl)c(Cl)c2C1=O. The van der Waals surface area contributed by atoms with E-state index in [0.717, 1.165) is 69.3 Å². The van der Waals surface area contributed by atoms with E-state index in [2.05, 4.69) is 6.92 Å². The second-order valence-corrected chi connectivity index (χ2v) is 10.1. The molecule has 2 aliphatic rings. The van der Waals surface area contributed by atoms with E-state index in [9.17, 15) is 9.59 Å². The largest absolute Gasteiger partial charge is 0.492 e. The summed E-state index contributed by atoms with van der Waals surface area (Å²) in [5.74, 6) is 0.770. The Morgan fingerprint density at radius 1 is 1.13 bits per heavy atom. The second-order valence-electron chi connectivity index (χ2n) is 9.32. The number of fused-ring (bicyclic) bond motifs is 1. The van der Waals surface area contributed by atoms with Gasteiger partial charge in [0.15, 0.2) is 5.78 Å². The molecule has 0 amide bonds. The first kappa shape index (κ1) is 24.4. The summed E-state index contributed by atoms with van der Waals surface area (Å²) >= 11 is 13.1. The van der Waals surface area contributed by atoms with Crippen LogP contribution >= 0.6 is 23.2 Å². The molecule has 3 rings (SSSR count). The molecule has 1 aromatic rings. The van der Waals surface area contributed by atoms with E-state index in [0.29, 0.717) is 34.4 Å². The molecule has 1 saturated carbocycles. The summed E-state index contributed by atoms with van der Waals surface area (Å²) in [4.78, 5) is 24.1. The van der Waals surface area contributed by atoms with Gasteiger partial charge in [-0.05, 0) is 56.1 Å². The third kappa shape index (κ3) is 6.16. The molecule has 0 aromatic heterocycles. The number of carbonyl (C=O) groups excluding carboxylic acids is 1. The van der Waals surface area contributed by atoms with Crippen molar-refractivity contribution in [1.82, 2.24) is 0 Å². The molecule has 0 aliphatic heterocycles. The zero-order valence-electron chi connectivity index (χ0n) is 18.5. The zero-order chi connectivity index (χ0) is 22.4. The fourth-order valence-corrected chi connectivity index (χ4v) is 5.20. The van der Waals surface area contributed by atoms with Gasteiger partial charge in [0, 0.05) is 17.4 Å². The van der Waals surface area contributed by atoms with Crippen LogP contribution in [0.2, 0.25) is 10.0 Å². The van der Waals surface area contributed by atoms with Crippen molar-refractivity contribution >= 4 is 35.0 Å². The van der Waals surface area contributed by atoms with Gasteiger partial charge >= 0.3 is 5.97 Å². The van der Waals surface area contributed by atoms with E-state index in [-0.39, 0.29) is 17.6 Å². The van der Waals surface area contributed by atoms with Gasteiger partial charge in [0.25, 0.3) is 0 Å². The first-order valence-corrected chi connectivity index (χ1v) is 12.5. The maximum Gasteiger partial charge on any atom is 0.303 e. The predicted octanol–water partition coefficient (Wildman–Crippen LogP) is 7.51. The van der Waals surface area contributed by atoms with E-state index in [4.69, 9.17) is 33.0 Å². The lowest BCUT2D eigenvalue weighted by Gasteiger charge is -2.27. The molecule has 0 spiro atoms. The molecule has 172 valence electrons. The van der Waals surface area contributed by atoms with Crippen molar-refractivity contribution in [3.05, 3.63) is 27.2 Å². The van der Waals surface area contributed by atoms with Gasteiger partial charge in [-0.3, -0.25) is 9.59 Å². The Balaban J connectivity index is 1.65. The fraction of sp³-hybridized carbons (Fsp3) is 0.680. The molecule has 2 aliphatic carbocycles. The number of aliphatic carboxylic acids is 1. The normalized spacial score (nSPS) is 20.2. The van der Waals surface area contributed by atoms with Crippen LogP contribution in [0.3, 0.4) is 0 Å². The highest BCUT2D eigenvalue weighted by Gasteiger charge is 2.47. The van der Waals surface area contributed by atoms with Crippen molar-refractivity contribution < 1.29 is 19.4 Å². The Morgan fingerprint density at radius 2 is 1.87 bits per heavy atom. The lowest BCUT2D eigenvalue weighted by molar-refractivity contribution is -0.137. The predicted molar refractivity (Wildman–Crippen MR) is 125 cm³/mol. The third-order valence-corrected chi connectivity index (χ3v) is 7.62. The van der Waals surface area contributed by atoms with Crippen LogP contribution in [0.5, 0.6) is 5.75 Å². The minimum atomic E-state index is -0.752. The minimum Gasteiger partial charge on any atom is -0.492 e. The second kappa shape index (κ2) is 11.0. The van der Waals surface area contributed by atoms with E-state index >= 15 is 0 Å². The van der Waals surface area contributed by atoms with Gasteiger partial charge < -0.3 is 9.84 Å². The summed E-state index contributed by atoms with van der Waals surface area (Å²) < 4.78 is 5.92. The van der Waals surface area contributed by atoms with Crippen LogP contribution in [0.1, 0.15) is 99.9 Å². The van der Waals surface area contributed by atoms with Gasteiger partial charge in [-0.25, -0.2) is 0 Å². The summed E-state index contributed by atoms with van der Waals surface area (Å²) in [6.07, 6.45) is 11.9. The molecule has 0 radical (unpaired) electrons. The highest BCUT2D eigenvalue weighted by Crippen LogP contribution is 2.51. The number of carboxylic acids is 1. The van der Waals surface area contributed by atoms with Gasteiger partial charge in [0.2, 0.25) is 0 Å². The summed E-state index contributed by atoms with van der Waals surface area (Å²) in [5.41, 5.74) is 1.25. The molecule has 31 heavy (non-hydrogen) atoms. The van der Waals surface area contributed by atoms with Crippen LogP contribution < -0.4 is 4.74 Å². The Hall–Kier alpha value is -1.26. The Bertz CT molecular complexity index is 803. The van der Waals surface area contributed by atoms with E-state index < -0.39 is 5.97 Å². The summed E-state index contributed by atoms with van der Waals surface area (Å²) in [6.45, 7) is 2.66. The molecule has 4 nitrogen and oxygen atoms in total. The van der Waals surface area contributed by atoms with Crippen molar-refractivity contribution in [3.8, 4) is 5.75 Å². The smallest absolute Gasteiger partial charge is 0.303 e. The first-order valence-electron chi connectivity index (χ1n) is 11.8. The summed E-state index contributed by atoms with van der Waals surface area (Å²) in [6, 6.07) is 1.93. The van der Waals surface area contributed by atoms with Crippen molar-refractivity contribution in [2.75, 3.05) is 6.61 Å². The molecule has 6 heteroatoms. The maximum absolute atomic E-state index is 13.5. The third-order valence-electron chi connectivity index (χ3n) is 6.77. The summed E-state index contributed by atoms with van der Waals surface area (Å²) in [5, 5.41) is 9.35. The Labute approximate surface area is 195 Å². The quantitative estimate of drug-likeness (QED) is 0.286. The number of unbranched alkanes of at least 4 members (excludes halogenated alkanes) is 4. The fourth-order valence-electron chi connectivity index (χ4n) is 4.70. The highest BCUT2D eigenvalue weighted by molar-refractivity contribution is 6.45. The summed E-state index contributed by atoms with van der Waals surface area (Å²) in [7, 11) is 0. The van der Waals surface area contributed by atoms with Crippen LogP contribution in [0, 0.1) is 11.3 Å². The number of hydrogen-bond donors (Lipinski definition) is 1. The number of Topliss-reactive ketones (excluding diaryl/α,β-unsaturated/α-hetero) is 1. The number of ether oxygens (including phenoxy) is 1. The standard InChI is InChI=1S/C25H34Cl2O4/c1-2-3-12-25(13-11-17-9-10-17)16-18-15-19(22(26)23(27)21(18)24(25)30)31-14-7-5-4-6-8-20(28)29/h15,17H,2-14,16H2,1H3,(H,28,29). The number of rotatable bonds is 14. The number of carbonyl (C=O) groups is 2. The molecule has 1 unspecified atom stereocenters. The lowest BCUT2D eigenvalue weighted by Crippen LogP contribution is -2.28. The average molecular weight is 469 g/mol. The van der Waals surface area contributed by atoms with Gasteiger partial charge in [0.1, 0.15) is 10.8 Å². The number of carboxylic acid groups (broad SMARTS) is 1. The van der Waals surface area contributed by atoms with E-state index in [1.54, 1.807) is 0 Å². The van der Waals surface area contributed by atoms with Crippen molar-refractivity contribution in [2.45, 2.75) is 90.4 Å². The van der Waals surface area contributed by atoms with E-state index in [1.807, 2.05) is 6.07 Å². The molecule has 0 bridgehead atoms. The number of benzene rings is 1. The molecule has 1 fully saturated rings. The van der Waals surface area contributed by atoms with Crippen LogP contribution in [0.4, 0.5) is 0 Å². The minimum absolute atomic E-state index is 0.175. The number of ketones is 1. The lowest BCUT2D eigenvalue weighted by atomic mass is 9.75. The molecule has 0 saturated heterocycles. The van der Waals surface area contributed by atoms with Gasteiger partial charge in [0.05, 0.1) is 11.6 Å². The number of hydrogen-bond acceptors (Lipinski definition) is 3. The highest BCUT2D eigenvalue weighted by atomic mass is 35.5. The van der Waals surface area contributed by atoms with Crippen LogP contribution in [-0.2, 0) is 11.2 Å². The number of halogens is 2. The average Bonchev–Trinajstić information content (AvgIpc) is 3.52. The van der Waals surface area contributed by atoms with Gasteiger partial charge in [-0.2, -0.15) is 0 Å². The monoisotopic (exact) mass is 468 g/mol. The zero-order valence-corrected chi connectivity index (χ0v) is 20.0. The van der Waals surface area contributed by atoms with Crippen LogP contribution in [0.25, 0.3) is 0 Å². The topological polar surface area (TPSA) is 63.6 Å². The molecular weight excluding hydrogens is 435 g/mol. The van der Waals surface area contributed by atoms with E-state index in [1.165, 1.54) is 12.8 Å². The maximum atomic E-state index is 13.5. The Morgan fingerprint density at radius 3 is 2.55 bits per heavy atom. The van der Waals surface area contributed by atoms with Crippen molar-refractivity contribution in [3.63, 3.8) is 0 Å². The molecule has 1 N–H and O–H groups in total. The van der Waals surface area contributed by atoms with Crippen molar-refractivity contribution in [1.29, 1.82) is 0 Å². The van der Waals surface area contributed by atoms with Gasteiger partial charge in [-0.1, -0.05) is 68.7 Å². The molecule has 1 aromatic carbocycles. The Kier molecular flexibility index (Phi) is 8.69. The molecule has 0 heterocycles. The molecular formula is C25H34Cl2O4. The van der Waals surface area contributed by atoms with Crippen molar-refractivity contribution in [2.24, 2.45) is 11.3 Å². The first-order chi connectivity index (χ1) is 14.9. The van der Waals surface area contributed by atoms with Gasteiger partial charge in [-0.15, -0.1) is 0 Å². The molecule has 1 atom stereocenters.